The summed E-state index contributed by atoms with van der Waals surface area (Å²) in [6.07, 6.45) is 5.21. The summed E-state index contributed by atoms with van der Waals surface area (Å²) in [7, 11) is 0. The zero-order valence-corrected chi connectivity index (χ0v) is 11.8. The van der Waals surface area contributed by atoms with Gasteiger partial charge in [0.1, 0.15) is 6.04 Å². The maximum Gasteiger partial charge on any atom is 0.241 e. The van der Waals surface area contributed by atoms with Crippen LogP contribution in [0.2, 0.25) is 0 Å². The summed E-state index contributed by atoms with van der Waals surface area (Å²) in [6, 6.07) is 1.94. The van der Waals surface area contributed by atoms with E-state index in [9.17, 15) is 10.1 Å². The van der Waals surface area contributed by atoms with Crippen LogP contribution in [0.15, 0.2) is 0 Å². The van der Waals surface area contributed by atoms with Crippen LogP contribution < -0.4 is 5.73 Å². The lowest BCUT2D eigenvalue weighted by Crippen LogP contribution is -2.59. The molecule has 4 nitrogen and oxygen atoms in total. The molecule has 4 heteroatoms. The minimum atomic E-state index is -0.420. The fourth-order valence-corrected chi connectivity index (χ4v) is 4.13. The third-order valence-electron chi connectivity index (χ3n) is 5.83. The quantitative estimate of drug-likeness (QED) is 0.839. The molecule has 2 aliphatic carbocycles. The van der Waals surface area contributed by atoms with Crippen LogP contribution in [-0.4, -0.2) is 28.9 Å². The number of nitrogens with two attached hydrogens (primary N) is 1. The average molecular weight is 261 g/mol. The van der Waals surface area contributed by atoms with Crippen molar-refractivity contribution in [3.05, 3.63) is 0 Å². The summed E-state index contributed by atoms with van der Waals surface area (Å²) < 4.78 is 0. The van der Waals surface area contributed by atoms with Gasteiger partial charge in [-0.2, -0.15) is 5.26 Å². The van der Waals surface area contributed by atoms with Gasteiger partial charge in [-0.15, -0.1) is 0 Å². The number of nitriles is 1. The second-order valence-corrected chi connectivity index (χ2v) is 6.91. The summed E-state index contributed by atoms with van der Waals surface area (Å²) in [5, 5.41) is 9.20. The van der Waals surface area contributed by atoms with Crippen LogP contribution >= 0.6 is 0 Å². The Hall–Kier alpha value is -1.08. The molecule has 1 saturated heterocycles. The molecule has 1 amide bonds. The van der Waals surface area contributed by atoms with E-state index in [0.29, 0.717) is 17.9 Å². The Labute approximate surface area is 114 Å². The highest BCUT2D eigenvalue weighted by atomic mass is 16.2. The molecule has 1 aliphatic heterocycles. The van der Waals surface area contributed by atoms with E-state index in [1.807, 2.05) is 4.90 Å². The van der Waals surface area contributed by atoms with Crippen molar-refractivity contribution >= 4 is 5.91 Å². The van der Waals surface area contributed by atoms with Crippen molar-refractivity contribution in [2.45, 2.75) is 64.1 Å². The normalized spacial score (nSPS) is 36.4. The van der Waals surface area contributed by atoms with Crippen molar-refractivity contribution in [2.75, 3.05) is 0 Å². The number of rotatable bonds is 3. The predicted molar refractivity (Wildman–Crippen MR) is 71.9 cm³/mol. The Bertz CT molecular complexity index is 435. The first kappa shape index (κ1) is 12.9. The Morgan fingerprint density at radius 2 is 2.11 bits per heavy atom. The van der Waals surface area contributed by atoms with Gasteiger partial charge in [-0.05, 0) is 42.9 Å². The number of carbonyl (C=O) groups excluding carboxylic acids is 1. The van der Waals surface area contributed by atoms with Crippen molar-refractivity contribution in [3.63, 3.8) is 0 Å². The van der Waals surface area contributed by atoms with E-state index < -0.39 is 6.04 Å². The van der Waals surface area contributed by atoms with Gasteiger partial charge in [0.2, 0.25) is 5.91 Å². The second kappa shape index (κ2) is 4.21. The van der Waals surface area contributed by atoms with Crippen LogP contribution in [-0.2, 0) is 4.79 Å². The van der Waals surface area contributed by atoms with E-state index >= 15 is 0 Å². The molecule has 0 aromatic rings. The highest BCUT2D eigenvalue weighted by Gasteiger charge is 2.57. The Kier molecular flexibility index (Phi) is 2.86. The van der Waals surface area contributed by atoms with E-state index in [1.165, 1.54) is 6.42 Å². The SMILES string of the molecule is CC(C)C1(C(N)C(=O)N2C3CC3C[C@H]2C#N)CCC1. The Balaban J connectivity index is 1.78. The summed E-state index contributed by atoms with van der Waals surface area (Å²) in [5.74, 6) is 1.03. The molecular formula is C15H23N3O. The van der Waals surface area contributed by atoms with Crippen molar-refractivity contribution < 1.29 is 4.79 Å². The standard InChI is InChI=1S/C15H23N3O/c1-9(2)15(4-3-5-15)13(17)14(19)18-11(8-16)6-10-7-12(10)18/h9-13H,3-7,17H2,1-2H3/t10?,11-,12?,13?/m0/s1. The van der Waals surface area contributed by atoms with E-state index in [0.717, 1.165) is 25.7 Å². The molecule has 4 atom stereocenters. The minimum absolute atomic E-state index is 0.0237. The van der Waals surface area contributed by atoms with Crippen molar-refractivity contribution in [3.8, 4) is 6.07 Å². The van der Waals surface area contributed by atoms with Gasteiger partial charge in [0, 0.05) is 6.04 Å². The van der Waals surface area contributed by atoms with Crippen molar-refractivity contribution in [1.29, 1.82) is 5.26 Å². The predicted octanol–water partition coefficient (Wildman–Crippen LogP) is 1.65. The summed E-state index contributed by atoms with van der Waals surface area (Å²) >= 11 is 0. The van der Waals surface area contributed by atoms with Crippen LogP contribution in [0, 0.1) is 28.6 Å². The molecule has 0 bridgehead atoms. The molecule has 2 saturated carbocycles. The van der Waals surface area contributed by atoms with Gasteiger partial charge in [0.15, 0.2) is 0 Å². The Morgan fingerprint density at radius 1 is 1.42 bits per heavy atom. The van der Waals surface area contributed by atoms with Gasteiger partial charge >= 0.3 is 0 Å². The molecule has 3 fully saturated rings. The fraction of sp³-hybridized carbons (Fsp3) is 0.867. The zero-order chi connectivity index (χ0) is 13.8. The molecule has 104 valence electrons. The number of likely N-dealkylation sites (tertiary alicyclic amines) is 1. The molecule has 0 aromatic heterocycles. The third-order valence-corrected chi connectivity index (χ3v) is 5.83. The number of fused-ring (bicyclic) bond motifs is 1. The lowest BCUT2D eigenvalue weighted by molar-refractivity contribution is -0.140. The molecule has 2 N–H and O–H groups in total. The number of amides is 1. The number of carbonyl (C=O) groups is 1. The number of hydrogen-bond acceptors (Lipinski definition) is 3. The van der Waals surface area contributed by atoms with Gasteiger partial charge in [0.05, 0.1) is 12.1 Å². The lowest BCUT2D eigenvalue weighted by atomic mass is 9.58. The highest BCUT2D eigenvalue weighted by molar-refractivity contribution is 5.84. The fourth-order valence-electron chi connectivity index (χ4n) is 4.13. The van der Waals surface area contributed by atoms with E-state index in [2.05, 4.69) is 19.9 Å². The van der Waals surface area contributed by atoms with Gasteiger partial charge < -0.3 is 10.6 Å². The number of nitrogens with zero attached hydrogens (tertiary/aromatic N) is 2. The van der Waals surface area contributed by atoms with E-state index in [-0.39, 0.29) is 17.4 Å². The Morgan fingerprint density at radius 3 is 2.58 bits per heavy atom. The van der Waals surface area contributed by atoms with Crippen LogP contribution in [0.5, 0.6) is 0 Å². The smallest absolute Gasteiger partial charge is 0.241 e. The molecule has 3 rings (SSSR count). The molecule has 3 unspecified atom stereocenters. The van der Waals surface area contributed by atoms with E-state index in [1.54, 1.807) is 0 Å². The van der Waals surface area contributed by atoms with Crippen LogP contribution in [0.1, 0.15) is 46.0 Å². The molecule has 0 radical (unpaired) electrons. The number of hydrogen-bond donors (Lipinski definition) is 1. The molecule has 3 aliphatic rings. The summed E-state index contributed by atoms with van der Waals surface area (Å²) in [6.45, 7) is 4.33. The topological polar surface area (TPSA) is 70.1 Å². The van der Waals surface area contributed by atoms with Crippen molar-refractivity contribution in [1.82, 2.24) is 4.90 Å². The van der Waals surface area contributed by atoms with Gasteiger partial charge in [-0.3, -0.25) is 4.79 Å². The van der Waals surface area contributed by atoms with Gasteiger partial charge in [-0.25, -0.2) is 0 Å². The summed E-state index contributed by atoms with van der Waals surface area (Å²) in [4.78, 5) is 14.6. The van der Waals surface area contributed by atoms with Crippen LogP contribution in [0.4, 0.5) is 0 Å². The lowest BCUT2D eigenvalue weighted by Gasteiger charge is -2.50. The number of piperidine rings is 1. The van der Waals surface area contributed by atoms with Crippen molar-refractivity contribution in [2.24, 2.45) is 23.0 Å². The highest BCUT2D eigenvalue weighted by Crippen LogP contribution is 2.52. The maximum absolute atomic E-state index is 12.7. The first-order chi connectivity index (χ1) is 9.01. The first-order valence-corrected chi connectivity index (χ1v) is 7.48. The molecular weight excluding hydrogens is 238 g/mol. The third kappa shape index (κ3) is 1.71. The molecule has 0 aromatic carbocycles. The minimum Gasteiger partial charge on any atom is -0.322 e. The average Bonchev–Trinajstić information content (AvgIpc) is 2.97. The molecule has 0 spiro atoms. The monoisotopic (exact) mass is 261 g/mol. The molecule has 1 heterocycles. The zero-order valence-electron chi connectivity index (χ0n) is 11.8. The van der Waals surface area contributed by atoms with Crippen LogP contribution in [0.25, 0.3) is 0 Å². The maximum atomic E-state index is 12.7. The first-order valence-electron chi connectivity index (χ1n) is 7.48. The van der Waals surface area contributed by atoms with E-state index in [4.69, 9.17) is 5.73 Å². The molecule has 19 heavy (non-hydrogen) atoms. The second-order valence-electron chi connectivity index (χ2n) is 6.91. The largest absolute Gasteiger partial charge is 0.322 e. The summed E-state index contributed by atoms with van der Waals surface area (Å²) in [5.41, 5.74) is 6.31. The van der Waals surface area contributed by atoms with Crippen LogP contribution in [0.3, 0.4) is 0 Å². The van der Waals surface area contributed by atoms with Gasteiger partial charge in [0.25, 0.3) is 0 Å². The van der Waals surface area contributed by atoms with Gasteiger partial charge in [-0.1, -0.05) is 20.3 Å².